The summed E-state index contributed by atoms with van der Waals surface area (Å²) in [6.45, 7) is 11.3. The summed E-state index contributed by atoms with van der Waals surface area (Å²) in [5.41, 5.74) is 7.22. The molecule has 1 aliphatic heterocycles. The number of rotatable bonds is 7. The van der Waals surface area contributed by atoms with Crippen molar-refractivity contribution in [3.05, 3.63) is 71.8 Å². The van der Waals surface area contributed by atoms with Crippen molar-refractivity contribution in [3.8, 4) is 17.1 Å². The van der Waals surface area contributed by atoms with Crippen molar-refractivity contribution in [3.63, 3.8) is 0 Å². The van der Waals surface area contributed by atoms with Gasteiger partial charge >= 0.3 is 0 Å². The second-order valence-corrected chi connectivity index (χ2v) is 9.19. The van der Waals surface area contributed by atoms with Crippen LogP contribution < -0.4 is 4.90 Å². The van der Waals surface area contributed by atoms with E-state index in [2.05, 4.69) is 74.1 Å². The number of ether oxygens (including phenoxy) is 1. The topological polar surface area (TPSA) is 69.2 Å². The van der Waals surface area contributed by atoms with Crippen LogP contribution in [0.3, 0.4) is 0 Å². The molecule has 0 bridgehead atoms. The molecule has 1 aromatic carbocycles. The van der Waals surface area contributed by atoms with Gasteiger partial charge in [0.25, 0.3) is 5.95 Å². The molecule has 1 saturated heterocycles. The Hall–Kier alpha value is -3.71. The van der Waals surface area contributed by atoms with E-state index in [9.17, 15) is 0 Å². The van der Waals surface area contributed by atoms with Gasteiger partial charge in [-0.3, -0.25) is 0 Å². The van der Waals surface area contributed by atoms with Crippen LogP contribution in [0, 0.1) is 6.92 Å². The third kappa shape index (κ3) is 4.97. The van der Waals surface area contributed by atoms with Crippen molar-refractivity contribution < 1.29 is 9.15 Å². The first-order chi connectivity index (χ1) is 17.6. The molecule has 7 heteroatoms. The van der Waals surface area contributed by atoms with E-state index in [4.69, 9.17) is 19.1 Å². The van der Waals surface area contributed by atoms with E-state index >= 15 is 0 Å². The van der Waals surface area contributed by atoms with Gasteiger partial charge in [0.05, 0.1) is 19.4 Å². The summed E-state index contributed by atoms with van der Waals surface area (Å²) in [6, 6.07) is 10.4. The molecule has 4 aromatic rings. The summed E-state index contributed by atoms with van der Waals surface area (Å²) in [5.74, 6) is 2.14. The minimum absolute atomic E-state index is 0.527. The van der Waals surface area contributed by atoms with E-state index in [1.807, 2.05) is 18.5 Å². The van der Waals surface area contributed by atoms with Gasteiger partial charge in [-0.2, -0.15) is 10.1 Å². The maximum absolute atomic E-state index is 6.43. The molecular formula is C29H33N5O2. The van der Waals surface area contributed by atoms with Gasteiger partial charge in [0.15, 0.2) is 11.4 Å². The van der Waals surface area contributed by atoms with Crippen LogP contribution >= 0.6 is 0 Å². The zero-order valence-electron chi connectivity index (χ0n) is 21.5. The van der Waals surface area contributed by atoms with E-state index in [0.717, 1.165) is 59.7 Å². The molecule has 1 aliphatic rings. The van der Waals surface area contributed by atoms with Gasteiger partial charge in [0, 0.05) is 30.9 Å². The fourth-order valence-electron chi connectivity index (χ4n) is 4.56. The molecule has 186 valence electrons. The Labute approximate surface area is 212 Å². The standard InChI is InChI=1S/C29H33N5O2/c1-5-8-20(3)15-22(6-2)26-17-25-27(36-26)28(33-11-13-35-14-12-33)32-29(31-25)34-19-24(18-30-34)23-10-7-9-21(4)16-23/h7-10,15-19H,5-6,11-14H2,1-4H3/b20-8+,22-15+. The molecule has 0 atom stereocenters. The lowest BCUT2D eigenvalue weighted by Gasteiger charge is -2.27. The fourth-order valence-corrected chi connectivity index (χ4v) is 4.56. The maximum Gasteiger partial charge on any atom is 0.253 e. The molecule has 0 amide bonds. The highest BCUT2D eigenvalue weighted by Crippen LogP contribution is 2.33. The first kappa shape index (κ1) is 24.0. The quantitative estimate of drug-likeness (QED) is 0.285. The van der Waals surface area contributed by atoms with Crippen molar-refractivity contribution in [2.24, 2.45) is 0 Å². The molecule has 0 N–H and O–H groups in total. The van der Waals surface area contributed by atoms with Gasteiger partial charge in [-0.1, -0.05) is 61.4 Å². The van der Waals surface area contributed by atoms with E-state index in [1.165, 1.54) is 11.1 Å². The zero-order valence-corrected chi connectivity index (χ0v) is 21.5. The van der Waals surface area contributed by atoms with Crippen LogP contribution in [0.15, 0.2) is 64.9 Å². The number of aromatic nitrogens is 4. The highest BCUT2D eigenvalue weighted by atomic mass is 16.5. The van der Waals surface area contributed by atoms with Crippen LogP contribution in [-0.4, -0.2) is 46.1 Å². The third-order valence-electron chi connectivity index (χ3n) is 6.42. The molecule has 0 unspecified atom stereocenters. The number of hydrogen-bond acceptors (Lipinski definition) is 6. The van der Waals surface area contributed by atoms with E-state index in [-0.39, 0.29) is 0 Å². The minimum Gasteiger partial charge on any atom is -0.451 e. The maximum atomic E-state index is 6.43. The lowest BCUT2D eigenvalue weighted by Crippen LogP contribution is -2.37. The number of aryl methyl sites for hydroxylation is 1. The monoisotopic (exact) mass is 483 g/mol. The highest BCUT2D eigenvalue weighted by molar-refractivity contribution is 5.88. The fraction of sp³-hybridized carbons (Fsp3) is 0.345. The molecule has 0 aliphatic carbocycles. The van der Waals surface area contributed by atoms with E-state index in [0.29, 0.717) is 24.7 Å². The lowest BCUT2D eigenvalue weighted by atomic mass is 10.1. The Morgan fingerprint density at radius 1 is 1.08 bits per heavy atom. The molecule has 3 aromatic heterocycles. The zero-order chi connectivity index (χ0) is 25.1. The SMILES string of the molecule is CC/C=C(C)/C=C(\CC)c1cc2nc(-n3cc(-c4cccc(C)c4)cn3)nc(N3CCOCC3)c2o1. The van der Waals surface area contributed by atoms with Crippen LogP contribution in [-0.2, 0) is 4.74 Å². The second kappa shape index (κ2) is 10.5. The Balaban J connectivity index is 1.60. The number of morpholine rings is 1. The Bertz CT molecular complexity index is 1420. The average Bonchev–Trinajstić information content (AvgIpc) is 3.55. The summed E-state index contributed by atoms with van der Waals surface area (Å²) < 4.78 is 13.8. The Morgan fingerprint density at radius 2 is 1.92 bits per heavy atom. The first-order valence-electron chi connectivity index (χ1n) is 12.7. The second-order valence-electron chi connectivity index (χ2n) is 9.19. The van der Waals surface area contributed by atoms with Gasteiger partial charge in [0.2, 0.25) is 0 Å². The first-order valence-corrected chi connectivity index (χ1v) is 12.7. The number of nitrogens with zero attached hydrogens (tertiary/aromatic N) is 5. The molecule has 4 heterocycles. The number of fused-ring (bicyclic) bond motifs is 1. The van der Waals surface area contributed by atoms with Gasteiger partial charge in [-0.05, 0) is 37.8 Å². The predicted octanol–water partition coefficient (Wildman–Crippen LogP) is 6.37. The number of furan rings is 1. The smallest absolute Gasteiger partial charge is 0.253 e. The molecule has 1 fully saturated rings. The Morgan fingerprint density at radius 3 is 2.67 bits per heavy atom. The van der Waals surface area contributed by atoms with E-state index < -0.39 is 0 Å². The van der Waals surface area contributed by atoms with Crippen LogP contribution in [0.1, 0.15) is 44.9 Å². The summed E-state index contributed by atoms with van der Waals surface area (Å²) in [4.78, 5) is 12.0. The minimum atomic E-state index is 0.527. The summed E-state index contributed by atoms with van der Waals surface area (Å²) in [7, 11) is 0. The van der Waals surface area contributed by atoms with E-state index in [1.54, 1.807) is 4.68 Å². The lowest BCUT2D eigenvalue weighted by molar-refractivity contribution is 0.122. The normalized spacial score (nSPS) is 15.2. The third-order valence-corrected chi connectivity index (χ3v) is 6.42. The summed E-state index contributed by atoms with van der Waals surface area (Å²) >= 11 is 0. The van der Waals surface area contributed by atoms with Crippen molar-refractivity contribution in [2.45, 2.75) is 40.5 Å². The van der Waals surface area contributed by atoms with Crippen molar-refractivity contribution in [1.82, 2.24) is 19.7 Å². The van der Waals surface area contributed by atoms with Gasteiger partial charge in [-0.15, -0.1) is 0 Å². The van der Waals surface area contributed by atoms with Crippen molar-refractivity contribution >= 4 is 22.5 Å². The molecule has 0 saturated carbocycles. The van der Waals surface area contributed by atoms with Crippen molar-refractivity contribution in [1.29, 1.82) is 0 Å². The van der Waals surface area contributed by atoms with Gasteiger partial charge in [-0.25, -0.2) is 9.67 Å². The molecule has 0 spiro atoms. The number of hydrogen-bond donors (Lipinski definition) is 0. The summed E-state index contributed by atoms with van der Waals surface area (Å²) in [5, 5.41) is 4.60. The molecule has 0 radical (unpaired) electrons. The highest BCUT2D eigenvalue weighted by Gasteiger charge is 2.22. The molecular weight excluding hydrogens is 450 g/mol. The van der Waals surface area contributed by atoms with Crippen LogP contribution in [0.25, 0.3) is 33.7 Å². The molecule has 36 heavy (non-hydrogen) atoms. The van der Waals surface area contributed by atoms with Crippen molar-refractivity contribution in [2.75, 3.05) is 31.2 Å². The largest absolute Gasteiger partial charge is 0.451 e. The van der Waals surface area contributed by atoms with Gasteiger partial charge in [0.1, 0.15) is 11.3 Å². The Kier molecular flexibility index (Phi) is 7.00. The van der Waals surface area contributed by atoms with Crippen LogP contribution in [0.5, 0.6) is 0 Å². The number of allylic oxidation sites excluding steroid dienone is 4. The summed E-state index contributed by atoms with van der Waals surface area (Å²) in [6.07, 6.45) is 10.1. The van der Waals surface area contributed by atoms with Gasteiger partial charge < -0.3 is 14.1 Å². The van der Waals surface area contributed by atoms with Crippen LogP contribution in [0.4, 0.5) is 5.82 Å². The molecule has 5 rings (SSSR count). The predicted molar refractivity (Wildman–Crippen MR) is 144 cm³/mol. The number of benzene rings is 1. The molecule has 7 nitrogen and oxygen atoms in total. The number of anilines is 1. The average molecular weight is 484 g/mol. The van der Waals surface area contributed by atoms with Crippen LogP contribution in [0.2, 0.25) is 0 Å².